The van der Waals surface area contributed by atoms with E-state index in [4.69, 9.17) is 6.52 Å². The Kier molecular flexibility index (Phi) is 2.77. The van der Waals surface area contributed by atoms with E-state index in [1.54, 1.807) is 5.73 Å². The molecule has 15 heavy (non-hydrogen) atoms. The molecule has 5 nitrogen and oxygen atoms in total. The van der Waals surface area contributed by atoms with E-state index in [1.165, 1.54) is 12.1 Å². The Morgan fingerprint density at radius 2 is 2.07 bits per heavy atom. The Hall–Kier alpha value is -2.11. The lowest BCUT2D eigenvalue weighted by molar-refractivity contribution is -0.135. The van der Waals surface area contributed by atoms with Crippen LogP contribution in [-0.4, -0.2) is 23.7 Å². The third-order valence-electron chi connectivity index (χ3n) is 1.68. The standard InChI is InChI=1S/C9H9FN2O3/c10-6-1-3-7(4-2-6)12(9(11)15)5-8(13)14/h1-4H,5H2,(H2,11,15)(H,13,14)/i/hD. The molecule has 3 N–H and O–H groups in total. The second-order valence-corrected chi connectivity index (χ2v) is 2.76. The topological polar surface area (TPSA) is 83.6 Å². The van der Waals surface area contributed by atoms with E-state index in [-0.39, 0.29) is 5.69 Å². The lowest BCUT2D eigenvalue weighted by atomic mass is 10.3. The summed E-state index contributed by atoms with van der Waals surface area (Å²) in [4.78, 5) is 22.5. The summed E-state index contributed by atoms with van der Waals surface area (Å²) in [5, 5.41) is 8.59. The predicted molar refractivity (Wildman–Crippen MR) is 51.0 cm³/mol. The molecule has 0 aliphatic rings. The number of amides is 2. The van der Waals surface area contributed by atoms with Gasteiger partial charge in [-0.1, -0.05) is 0 Å². The monoisotopic (exact) mass is 213 g/mol. The van der Waals surface area contributed by atoms with Crippen LogP contribution in [0.2, 0.25) is 1.41 Å². The molecule has 0 bridgehead atoms. The first-order valence-corrected chi connectivity index (χ1v) is 4.01. The lowest BCUT2D eigenvalue weighted by Crippen LogP contribution is -2.39. The number of rotatable bonds is 3. The van der Waals surface area contributed by atoms with Gasteiger partial charge in [-0.15, -0.1) is 0 Å². The second-order valence-electron chi connectivity index (χ2n) is 2.76. The number of carboxylic acids is 1. The van der Waals surface area contributed by atoms with Gasteiger partial charge in [-0.2, -0.15) is 0 Å². The summed E-state index contributed by atoms with van der Waals surface area (Å²) in [5.41, 5.74) is 1.77. The summed E-state index contributed by atoms with van der Waals surface area (Å²) in [6, 6.07) is 3.82. The number of halogens is 1. The molecule has 2 amide bonds. The van der Waals surface area contributed by atoms with Gasteiger partial charge < -0.3 is 10.8 Å². The van der Waals surface area contributed by atoms with Crippen LogP contribution in [0, 0.1) is 5.82 Å². The summed E-state index contributed by atoms with van der Waals surface area (Å²) in [6.45, 7) is -0.601. The molecule has 0 atom stereocenters. The molecule has 1 aromatic carbocycles. The summed E-state index contributed by atoms with van der Waals surface area (Å²) in [5.74, 6) is -1.72. The largest absolute Gasteiger partial charge is 0.480 e. The van der Waals surface area contributed by atoms with Crippen LogP contribution in [0.15, 0.2) is 24.3 Å². The number of benzene rings is 1. The molecule has 1 aromatic rings. The Morgan fingerprint density at radius 3 is 2.53 bits per heavy atom. The van der Waals surface area contributed by atoms with Crippen molar-refractivity contribution in [3.63, 3.8) is 0 Å². The molecule has 0 aliphatic heterocycles. The number of anilines is 1. The van der Waals surface area contributed by atoms with Gasteiger partial charge in [0.25, 0.3) is 0 Å². The normalized spacial score (nSPS) is 10.3. The highest BCUT2D eigenvalue weighted by Crippen LogP contribution is 2.14. The van der Waals surface area contributed by atoms with Gasteiger partial charge >= 0.3 is 12.0 Å². The average Bonchev–Trinajstić information content (AvgIpc) is 2.26. The number of hydrogen-bond acceptors (Lipinski definition) is 2. The van der Waals surface area contributed by atoms with Crippen LogP contribution in [0.4, 0.5) is 14.9 Å². The highest BCUT2D eigenvalue weighted by molar-refractivity contribution is 5.95. The third-order valence-corrected chi connectivity index (χ3v) is 1.68. The number of nitrogens with zero attached hydrogens (tertiary/aromatic N) is 1. The van der Waals surface area contributed by atoms with Crippen LogP contribution in [0.25, 0.3) is 0 Å². The quantitative estimate of drug-likeness (QED) is 0.778. The minimum absolute atomic E-state index is 0.202. The molecule has 0 aliphatic carbocycles. The van der Waals surface area contributed by atoms with Crippen LogP contribution < -0.4 is 10.6 Å². The summed E-state index contributed by atoms with van der Waals surface area (Å²) >= 11 is 0. The van der Waals surface area contributed by atoms with E-state index >= 15 is 0 Å². The van der Waals surface area contributed by atoms with Gasteiger partial charge in [-0.3, -0.25) is 9.69 Å². The van der Waals surface area contributed by atoms with E-state index in [9.17, 15) is 14.0 Å². The van der Waals surface area contributed by atoms with Gasteiger partial charge in [0.05, 0.1) is 0 Å². The number of carbonyl (C=O) groups is 2. The Bertz CT molecular complexity index is 396. The van der Waals surface area contributed by atoms with Crippen molar-refractivity contribution in [3.8, 4) is 0 Å². The summed E-state index contributed by atoms with van der Waals surface area (Å²) in [6.07, 6.45) is 0. The molecule has 6 heteroatoms. The number of urea groups is 1. The van der Waals surface area contributed by atoms with Gasteiger partial charge in [0.1, 0.15) is 12.4 Å². The zero-order valence-electron chi connectivity index (χ0n) is 8.61. The van der Waals surface area contributed by atoms with E-state index in [0.717, 1.165) is 17.0 Å². The van der Waals surface area contributed by atoms with E-state index in [1.807, 2.05) is 0 Å². The second kappa shape index (κ2) is 4.41. The first-order valence-electron chi connectivity index (χ1n) is 4.51. The maximum atomic E-state index is 12.6. The van der Waals surface area contributed by atoms with Gasteiger partial charge in [0, 0.05) is 5.69 Å². The SMILES string of the molecule is [2H]NC(=O)N(CC(=O)O)c1ccc(F)cc1. The maximum absolute atomic E-state index is 12.6. The van der Waals surface area contributed by atoms with Gasteiger partial charge in [-0.05, 0) is 24.3 Å². The average molecular weight is 213 g/mol. The van der Waals surface area contributed by atoms with Crippen molar-refractivity contribution in [1.82, 2.24) is 0 Å². The molecule has 0 saturated carbocycles. The van der Waals surface area contributed by atoms with Crippen molar-refractivity contribution in [2.75, 3.05) is 11.4 Å². The predicted octanol–water partition coefficient (Wildman–Crippen LogP) is 0.795. The molecule has 0 fully saturated rings. The number of carboxylic acid groups (broad SMARTS) is 1. The van der Waals surface area contributed by atoms with E-state index in [0.29, 0.717) is 0 Å². The zero-order chi connectivity index (χ0) is 12.1. The van der Waals surface area contributed by atoms with Gasteiger partial charge in [0.2, 0.25) is 0 Å². The first kappa shape index (κ1) is 9.45. The van der Waals surface area contributed by atoms with Crippen molar-refractivity contribution in [2.24, 2.45) is 5.73 Å². The fourth-order valence-corrected chi connectivity index (χ4v) is 1.04. The Labute approximate surface area is 86.4 Å². The van der Waals surface area contributed by atoms with Crippen LogP contribution in [0.3, 0.4) is 0 Å². The molecule has 80 valence electrons. The molecule has 0 radical (unpaired) electrons. The molecule has 0 aromatic heterocycles. The van der Waals surface area contributed by atoms with Gasteiger partial charge in [-0.25, -0.2) is 9.18 Å². The fourth-order valence-electron chi connectivity index (χ4n) is 1.04. The molecular weight excluding hydrogens is 203 g/mol. The molecular formula is C9H9FN2O3. The Morgan fingerprint density at radius 1 is 1.47 bits per heavy atom. The highest BCUT2D eigenvalue weighted by Gasteiger charge is 2.15. The highest BCUT2D eigenvalue weighted by atomic mass is 19.1. The smallest absolute Gasteiger partial charge is 0.323 e. The van der Waals surface area contributed by atoms with Gasteiger partial charge in [0.15, 0.2) is 1.41 Å². The Balaban J connectivity index is 2.96. The third kappa shape index (κ3) is 2.94. The molecule has 0 unspecified atom stereocenters. The lowest BCUT2D eigenvalue weighted by Gasteiger charge is -2.17. The van der Waals surface area contributed by atoms with E-state index < -0.39 is 24.4 Å². The van der Waals surface area contributed by atoms with Crippen molar-refractivity contribution in [2.45, 2.75) is 0 Å². The van der Waals surface area contributed by atoms with Crippen LogP contribution in [0.5, 0.6) is 0 Å². The minimum Gasteiger partial charge on any atom is -0.480 e. The molecule has 0 saturated heterocycles. The minimum atomic E-state index is -1.23. The van der Waals surface area contributed by atoms with Crippen molar-refractivity contribution >= 4 is 17.7 Å². The van der Waals surface area contributed by atoms with Crippen LogP contribution >= 0.6 is 0 Å². The number of primary amides is 1. The van der Waals surface area contributed by atoms with Crippen LogP contribution in [-0.2, 0) is 4.79 Å². The first-order chi connectivity index (χ1) is 7.54. The maximum Gasteiger partial charge on any atom is 0.323 e. The number of nitrogens with two attached hydrogens (primary N) is 1. The number of carbonyl (C=O) groups excluding carboxylic acids is 1. The van der Waals surface area contributed by atoms with Crippen LogP contribution in [0.1, 0.15) is 0 Å². The molecule has 0 spiro atoms. The van der Waals surface area contributed by atoms with Crippen molar-refractivity contribution < 1.29 is 20.5 Å². The summed E-state index contributed by atoms with van der Waals surface area (Å²) in [7, 11) is 0. The zero-order valence-corrected chi connectivity index (χ0v) is 7.61. The fraction of sp³-hybridized carbons (Fsp3) is 0.111. The van der Waals surface area contributed by atoms with Crippen molar-refractivity contribution in [3.05, 3.63) is 30.1 Å². The van der Waals surface area contributed by atoms with Crippen molar-refractivity contribution in [1.29, 1.82) is 0 Å². The number of aliphatic carboxylic acids is 1. The number of hydrogen-bond donors (Lipinski definition) is 2. The molecule has 0 heterocycles. The van der Waals surface area contributed by atoms with E-state index in [2.05, 4.69) is 0 Å². The summed E-state index contributed by atoms with van der Waals surface area (Å²) < 4.78 is 19.3. The molecule has 1 rings (SSSR count).